The van der Waals surface area contributed by atoms with Gasteiger partial charge in [-0.1, -0.05) is 24.3 Å². The van der Waals surface area contributed by atoms with E-state index >= 15 is 0 Å². The highest BCUT2D eigenvalue weighted by Gasteiger charge is 2.28. The monoisotopic (exact) mass is 428 g/mol. The van der Waals surface area contributed by atoms with E-state index in [1.54, 1.807) is 24.3 Å². The maximum absolute atomic E-state index is 12.7. The molecular weight excluding hydrogens is 398 g/mol. The largest absolute Gasteiger partial charge is 0.330 e. The zero-order valence-electron chi connectivity index (χ0n) is 17.4. The Morgan fingerprint density at radius 2 is 1.77 bits per heavy atom. The quantitative estimate of drug-likeness (QED) is 0.741. The van der Waals surface area contributed by atoms with Crippen LogP contribution in [-0.4, -0.2) is 37.8 Å². The molecule has 160 valence electrons. The Labute approximate surface area is 178 Å². The van der Waals surface area contributed by atoms with Crippen molar-refractivity contribution in [3.05, 3.63) is 59.7 Å². The Bertz CT molecular complexity index is 999. The number of benzene rings is 2. The number of quaternary nitrogens is 1. The van der Waals surface area contributed by atoms with Crippen LogP contribution in [0.3, 0.4) is 0 Å². The summed E-state index contributed by atoms with van der Waals surface area (Å²) in [4.78, 5) is 13.0. The van der Waals surface area contributed by atoms with Crippen LogP contribution in [0.5, 0.6) is 0 Å². The number of rotatable bonds is 6. The third-order valence-electron chi connectivity index (χ3n) is 6.18. The van der Waals surface area contributed by atoms with Crippen LogP contribution in [-0.2, 0) is 21.2 Å². The summed E-state index contributed by atoms with van der Waals surface area (Å²) in [6, 6.07) is 15.0. The molecule has 2 aromatic carbocycles. The van der Waals surface area contributed by atoms with E-state index in [0.717, 1.165) is 32.1 Å². The van der Waals surface area contributed by atoms with E-state index in [2.05, 4.69) is 34.9 Å². The molecule has 0 spiro atoms. The third-order valence-corrected chi connectivity index (χ3v) is 8.09. The van der Waals surface area contributed by atoms with Crippen molar-refractivity contribution in [2.75, 3.05) is 18.4 Å². The van der Waals surface area contributed by atoms with Crippen molar-refractivity contribution in [3.8, 4) is 0 Å². The normalized spacial score (nSPS) is 20.5. The second-order valence-electron chi connectivity index (χ2n) is 8.30. The standard InChI is InChI=1S/C23H29N3O3S/c1-17(24-22-10-6-8-18-7-2-3-9-21(18)22)23(27)25-19-11-13-20(14-12-19)30(28,29)26-15-4-5-16-26/h2-3,7,9,11-14,17,22,24H,4-6,8,10,15-16H2,1H3,(H,25,27)/p+1/t17-,22+/m1/s1. The lowest BCUT2D eigenvalue weighted by atomic mass is 9.87. The second-order valence-corrected chi connectivity index (χ2v) is 10.2. The Kier molecular flexibility index (Phi) is 6.22. The number of carbonyl (C=O) groups is 1. The van der Waals surface area contributed by atoms with Crippen LogP contribution < -0.4 is 10.6 Å². The van der Waals surface area contributed by atoms with Gasteiger partial charge in [0.05, 0.1) is 4.90 Å². The zero-order chi connectivity index (χ0) is 21.1. The first-order valence-electron chi connectivity index (χ1n) is 10.8. The van der Waals surface area contributed by atoms with Crippen LogP contribution in [0, 0.1) is 0 Å². The van der Waals surface area contributed by atoms with E-state index in [1.807, 2.05) is 6.92 Å². The molecule has 2 atom stereocenters. The van der Waals surface area contributed by atoms with Crippen LogP contribution >= 0.6 is 0 Å². The summed E-state index contributed by atoms with van der Waals surface area (Å²) in [5.41, 5.74) is 3.33. The van der Waals surface area contributed by atoms with Crippen molar-refractivity contribution < 1.29 is 18.5 Å². The van der Waals surface area contributed by atoms with Crippen LogP contribution in [0.15, 0.2) is 53.4 Å². The third kappa shape index (κ3) is 4.43. The first kappa shape index (κ1) is 21.0. The number of hydrogen-bond acceptors (Lipinski definition) is 3. The van der Waals surface area contributed by atoms with Crippen molar-refractivity contribution >= 4 is 21.6 Å². The van der Waals surface area contributed by atoms with Gasteiger partial charge in [0, 0.05) is 30.8 Å². The summed E-state index contributed by atoms with van der Waals surface area (Å²) in [5.74, 6) is -0.0757. The van der Waals surface area contributed by atoms with Crippen molar-refractivity contribution in [3.63, 3.8) is 0 Å². The number of nitrogens with two attached hydrogens (primary N) is 1. The van der Waals surface area contributed by atoms with E-state index < -0.39 is 10.0 Å². The fourth-order valence-corrected chi connectivity index (χ4v) is 5.99. The van der Waals surface area contributed by atoms with E-state index in [9.17, 15) is 13.2 Å². The maximum atomic E-state index is 12.7. The molecule has 4 rings (SSSR count). The molecule has 1 saturated heterocycles. The highest BCUT2D eigenvalue weighted by molar-refractivity contribution is 7.89. The fourth-order valence-electron chi connectivity index (χ4n) is 4.47. The molecule has 1 amide bonds. The first-order valence-corrected chi connectivity index (χ1v) is 12.2. The minimum absolute atomic E-state index is 0.0757. The summed E-state index contributed by atoms with van der Waals surface area (Å²) in [7, 11) is -3.43. The number of hydrogen-bond donors (Lipinski definition) is 2. The topological polar surface area (TPSA) is 83.1 Å². The first-order chi connectivity index (χ1) is 14.4. The second kappa shape index (κ2) is 8.88. The summed E-state index contributed by atoms with van der Waals surface area (Å²) in [6.07, 6.45) is 5.13. The minimum Gasteiger partial charge on any atom is -0.330 e. The molecule has 30 heavy (non-hydrogen) atoms. The molecular formula is C23H30N3O3S+. The van der Waals surface area contributed by atoms with Gasteiger partial charge in [0.1, 0.15) is 6.04 Å². The number of nitrogens with one attached hydrogen (secondary N) is 1. The number of amides is 1. The van der Waals surface area contributed by atoms with Gasteiger partial charge in [0.25, 0.3) is 5.91 Å². The van der Waals surface area contributed by atoms with E-state index in [1.165, 1.54) is 15.4 Å². The summed E-state index contributed by atoms with van der Waals surface area (Å²) >= 11 is 0. The molecule has 1 fully saturated rings. The SMILES string of the molecule is C[C@@H]([NH2+][C@H]1CCCc2ccccc21)C(=O)Nc1ccc(S(=O)(=O)N2CCCC2)cc1. The molecule has 0 aromatic heterocycles. The number of nitrogens with zero attached hydrogens (tertiary/aromatic N) is 1. The average Bonchev–Trinajstić information content (AvgIpc) is 3.30. The molecule has 1 aliphatic carbocycles. The molecule has 3 N–H and O–H groups in total. The number of sulfonamides is 1. The number of anilines is 1. The summed E-state index contributed by atoms with van der Waals surface area (Å²) in [5, 5.41) is 5.06. The number of aryl methyl sites for hydroxylation is 1. The van der Waals surface area contributed by atoms with E-state index in [0.29, 0.717) is 24.8 Å². The molecule has 7 heteroatoms. The van der Waals surface area contributed by atoms with E-state index in [4.69, 9.17) is 0 Å². The van der Waals surface area contributed by atoms with Crippen LogP contribution in [0.1, 0.15) is 49.8 Å². The average molecular weight is 429 g/mol. The van der Waals surface area contributed by atoms with Gasteiger partial charge in [0.15, 0.2) is 6.04 Å². The van der Waals surface area contributed by atoms with Crippen molar-refractivity contribution in [1.82, 2.24) is 4.31 Å². The van der Waals surface area contributed by atoms with Crippen LogP contribution in [0.25, 0.3) is 0 Å². The molecule has 0 bridgehead atoms. The molecule has 2 aromatic rings. The van der Waals surface area contributed by atoms with Gasteiger partial charge in [-0.15, -0.1) is 0 Å². The highest BCUT2D eigenvalue weighted by Crippen LogP contribution is 2.27. The lowest BCUT2D eigenvalue weighted by molar-refractivity contribution is -0.714. The van der Waals surface area contributed by atoms with Gasteiger partial charge in [-0.2, -0.15) is 4.31 Å². The molecule has 0 unspecified atom stereocenters. The van der Waals surface area contributed by atoms with E-state index in [-0.39, 0.29) is 16.8 Å². The number of carbonyl (C=O) groups excluding carboxylic acids is 1. The van der Waals surface area contributed by atoms with Gasteiger partial charge in [0.2, 0.25) is 10.0 Å². The summed E-state index contributed by atoms with van der Waals surface area (Å²) < 4.78 is 26.8. The Hall–Kier alpha value is -2.22. The fraction of sp³-hybridized carbons (Fsp3) is 0.435. The molecule has 0 radical (unpaired) electrons. The Morgan fingerprint density at radius 3 is 2.50 bits per heavy atom. The molecule has 0 saturated carbocycles. The van der Waals surface area contributed by atoms with Gasteiger partial charge in [-0.05, 0) is 62.4 Å². The molecule has 2 aliphatic rings. The Morgan fingerprint density at radius 1 is 1.07 bits per heavy atom. The predicted molar refractivity (Wildman–Crippen MR) is 117 cm³/mol. The smallest absolute Gasteiger partial charge is 0.282 e. The molecule has 1 heterocycles. The lowest BCUT2D eigenvalue weighted by Gasteiger charge is -2.26. The molecule has 6 nitrogen and oxygen atoms in total. The van der Waals surface area contributed by atoms with Gasteiger partial charge < -0.3 is 10.6 Å². The summed E-state index contributed by atoms with van der Waals surface area (Å²) in [6.45, 7) is 3.08. The zero-order valence-corrected chi connectivity index (χ0v) is 18.2. The maximum Gasteiger partial charge on any atom is 0.282 e. The lowest BCUT2D eigenvalue weighted by Crippen LogP contribution is -2.92. The van der Waals surface area contributed by atoms with Crippen molar-refractivity contribution in [2.45, 2.75) is 56.0 Å². The van der Waals surface area contributed by atoms with Crippen LogP contribution in [0.4, 0.5) is 5.69 Å². The van der Waals surface area contributed by atoms with Crippen LogP contribution in [0.2, 0.25) is 0 Å². The van der Waals surface area contributed by atoms with Crippen molar-refractivity contribution in [1.29, 1.82) is 0 Å². The van der Waals surface area contributed by atoms with Gasteiger partial charge in [-0.25, -0.2) is 8.42 Å². The Balaban J connectivity index is 1.38. The predicted octanol–water partition coefficient (Wildman–Crippen LogP) is 2.44. The van der Waals surface area contributed by atoms with Gasteiger partial charge >= 0.3 is 0 Å². The van der Waals surface area contributed by atoms with Gasteiger partial charge in [-0.3, -0.25) is 4.79 Å². The minimum atomic E-state index is -3.43. The molecule has 1 aliphatic heterocycles. The number of fused-ring (bicyclic) bond motifs is 1. The highest BCUT2D eigenvalue weighted by atomic mass is 32.2. The van der Waals surface area contributed by atoms with Crippen molar-refractivity contribution in [2.24, 2.45) is 0 Å².